The second-order valence-electron chi connectivity index (χ2n) is 6.62. The predicted octanol–water partition coefficient (Wildman–Crippen LogP) is 6.23. The van der Waals surface area contributed by atoms with Crippen LogP contribution in [0.2, 0.25) is 5.02 Å². The van der Waals surface area contributed by atoms with Crippen LogP contribution in [0.3, 0.4) is 0 Å². The van der Waals surface area contributed by atoms with Crippen LogP contribution in [-0.2, 0) is 0 Å². The molecule has 1 amide bonds. The van der Waals surface area contributed by atoms with E-state index < -0.39 is 11.7 Å². The highest BCUT2D eigenvalue weighted by Crippen LogP contribution is 2.27. The summed E-state index contributed by atoms with van der Waals surface area (Å²) in [6.07, 6.45) is 4.28. The van der Waals surface area contributed by atoms with Gasteiger partial charge in [0.25, 0.3) is 5.91 Å². The summed E-state index contributed by atoms with van der Waals surface area (Å²) >= 11 is 6.02. The number of nitrogens with zero attached hydrogens (tertiary/aromatic N) is 2. The van der Waals surface area contributed by atoms with Crippen molar-refractivity contribution in [3.8, 4) is 11.8 Å². The van der Waals surface area contributed by atoms with E-state index in [9.17, 15) is 9.18 Å². The molecule has 0 saturated heterocycles. The Morgan fingerprint density at radius 2 is 1.84 bits per heavy atom. The van der Waals surface area contributed by atoms with E-state index in [0.717, 1.165) is 25.7 Å². The SMILES string of the molecule is CC.CC.Cc1cc(F)c(C(=O)NC2CCC(Oc3ccc(C#N)c(Cl)c3)CC2)cn1. The van der Waals surface area contributed by atoms with Gasteiger partial charge in [0.05, 0.1) is 22.3 Å². The van der Waals surface area contributed by atoms with Gasteiger partial charge in [-0.1, -0.05) is 39.3 Å². The minimum absolute atomic E-state index is 0.0138. The Morgan fingerprint density at radius 3 is 2.39 bits per heavy atom. The number of amides is 1. The predicted molar refractivity (Wildman–Crippen MR) is 122 cm³/mol. The maximum absolute atomic E-state index is 13.9. The molecule has 1 aromatic carbocycles. The lowest BCUT2D eigenvalue weighted by atomic mass is 9.92. The molecule has 1 aliphatic rings. The van der Waals surface area contributed by atoms with Crippen molar-refractivity contribution in [2.45, 2.75) is 72.4 Å². The number of ether oxygens (including phenoxy) is 1. The molecule has 3 rings (SSSR count). The number of nitrogens with one attached hydrogen (secondary N) is 1. The largest absolute Gasteiger partial charge is 0.490 e. The van der Waals surface area contributed by atoms with Gasteiger partial charge < -0.3 is 10.1 Å². The monoisotopic (exact) mass is 447 g/mol. The molecular weight excluding hydrogens is 417 g/mol. The van der Waals surface area contributed by atoms with Gasteiger partial charge in [0.15, 0.2) is 0 Å². The van der Waals surface area contributed by atoms with E-state index in [1.165, 1.54) is 12.3 Å². The summed E-state index contributed by atoms with van der Waals surface area (Å²) in [4.78, 5) is 16.2. The Bertz CT molecular complexity index is 891. The molecule has 1 N–H and O–H groups in total. The van der Waals surface area contributed by atoms with Gasteiger partial charge in [-0.2, -0.15) is 5.26 Å². The number of hydrogen-bond donors (Lipinski definition) is 1. The van der Waals surface area contributed by atoms with Crippen molar-refractivity contribution in [1.82, 2.24) is 10.3 Å². The van der Waals surface area contributed by atoms with Gasteiger partial charge in [0.1, 0.15) is 17.6 Å². The van der Waals surface area contributed by atoms with Crippen molar-refractivity contribution < 1.29 is 13.9 Å². The molecule has 0 unspecified atom stereocenters. The fourth-order valence-corrected chi connectivity index (χ4v) is 3.35. The second-order valence-corrected chi connectivity index (χ2v) is 7.03. The number of carbonyl (C=O) groups is 1. The van der Waals surface area contributed by atoms with Crippen LogP contribution in [0.25, 0.3) is 0 Å². The van der Waals surface area contributed by atoms with Crippen LogP contribution in [0.15, 0.2) is 30.5 Å². The van der Waals surface area contributed by atoms with Crippen LogP contribution in [0.1, 0.15) is 75.0 Å². The molecule has 1 aliphatic carbocycles. The van der Waals surface area contributed by atoms with Crippen LogP contribution in [0.4, 0.5) is 4.39 Å². The molecule has 2 aromatic rings. The Labute approximate surface area is 189 Å². The Balaban J connectivity index is 0.00000113. The highest BCUT2D eigenvalue weighted by Gasteiger charge is 2.25. The minimum Gasteiger partial charge on any atom is -0.490 e. The van der Waals surface area contributed by atoms with Crippen molar-refractivity contribution in [2.24, 2.45) is 0 Å². The van der Waals surface area contributed by atoms with Gasteiger partial charge in [-0.05, 0) is 50.8 Å². The summed E-state index contributed by atoms with van der Waals surface area (Å²) in [7, 11) is 0. The maximum atomic E-state index is 13.9. The third kappa shape index (κ3) is 7.84. The molecule has 1 aromatic heterocycles. The fourth-order valence-electron chi connectivity index (χ4n) is 3.13. The molecule has 7 heteroatoms. The Kier molecular flexibility index (Phi) is 11.6. The number of benzene rings is 1. The normalized spacial score (nSPS) is 17.1. The number of rotatable bonds is 4. The van der Waals surface area contributed by atoms with E-state index in [1.807, 2.05) is 33.8 Å². The summed E-state index contributed by atoms with van der Waals surface area (Å²) < 4.78 is 19.8. The fraction of sp³-hybridized carbons (Fsp3) is 0.458. The van der Waals surface area contributed by atoms with E-state index in [-0.39, 0.29) is 17.7 Å². The smallest absolute Gasteiger partial charge is 0.256 e. The Hall–Kier alpha value is -2.65. The van der Waals surface area contributed by atoms with Crippen molar-refractivity contribution in [3.05, 3.63) is 58.1 Å². The van der Waals surface area contributed by atoms with Crippen molar-refractivity contribution >= 4 is 17.5 Å². The molecule has 0 radical (unpaired) electrons. The topological polar surface area (TPSA) is 75.0 Å². The summed E-state index contributed by atoms with van der Waals surface area (Å²) in [5.41, 5.74) is 0.907. The number of pyridine rings is 1. The zero-order valence-corrected chi connectivity index (χ0v) is 19.6. The van der Waals surface area contributed by atoms with Crippen molar-refractivity contribution in [1.29, 1.82) is 5.26 Å². The van der Waals surface area contributed by atoms with E-state index >= 15 is 0 Å². The van der Waals surface area contributed by atoms with Gasteiger partial charge in [0.2, 0.25) is 0 Å². The molecule has 31 heavy (non-hydrogen) atoms. The third-order valence-electron chi connectivity index (χ3n) is 4.61. The number of halogens is 2. The molecule has 0 atom stereocenters. The highest BCUT2D eigenvalue weighted by atomic mass is 35.5. The first-order chi connectivity index (χ1) is 15.0. The summed E-state index contributed by atoms with van der Waals surface area (Å²) in [5.74, 6) is -0.378. The number of nitriles is 1. The minimum atomic E-state index is -0.560. The van der Waals surface area contributed by atoms with E-state index in [0.29, 0.717) is 22.0 Å². The average molecular weight is 448 g/mol. The van der Waals surface area contributed by atoms with Crippen molar-refractivity contribution in [3.63, 3.8) is 0 Å². The van der Waals surface area contributed by atoms with Gasteiger partial charge >= 0.3 is 0 Å². The molecule has 168 valence electrons. The highest BCUT2D eigenvalue weighted by molar-refractivity contribution is 6.31. The molecule has 1 fully saturated rings. The first-order valence-electron chi connectivity index (χ1n) is 10.8. The number of hydrogen-bond acceptors (Lipinski definition) is 4. The number of aryl methyl sites for hydroxylation is 1. The van der Waals surface area contributed by atoms with Gasteiger partial charge in [-0.3, -0.25) is 9.78 Å². The average Bonchev–Trinajstić information content (AvgIpc) is 2.78. The number of carbonyl (C=O) groups excluding carboxylic acids is 1. The number of aromatic nitrogens is 1. The maximum Gasteiger partial charge on any atom is 0.256 e. The van der Waals surface area contributed by atoms with E-state index in [4.69, 9.17) is 21.6 Å². The van der Waals surface area contributed by atoms with Crippen LogP contribution in [0, 0.1) is 24.1 Å². The lowest BCUT2D eigenvalue weighted by Gasteiger charge is -2.29. The lowest BCUT2D eigenvalue weighted by molar-refractivity contribution is 0.0889. The third-order valence-corrected chi connectivity index (χ3v) is 4.92. The van der Waals surface area contributed by atoms with Crippen molar-refractivity contribution in [2.75, 3.05) is 0 Å². The van der Waals surface area contributed by atoms with Gasteiger partial charge in [-0.25, -0.2) is 4.39 Å². The van der Waals surface area contributed by atoms with E-state index in [1.54, 1.807) is 25.1 Å². The molecule has 0 bridgehead atoms. The quantitative estimate of drug-likeness (QED) is 0.603. The van der Waals surface area contributed by atoms with Gasteiger partial charge in [0, 0.05) is 24.0 Å². The lowest BCUT2D eigenvalue weighted by Crippen LogP contribution is -2.40. The first kappa shape index (κ1) is 26.4. The molecule has 1 saturated carbocycles. The molecule has 1 heterocycles. The van der Waals surface area contributed by atoms with E-state index in [2.05, 4.69) is 10.3 Å². The molecule has 0 spiro atoms. The summed E-state index contributed by atoms with van der Waals surface area (Å²) in [5, 5.41) is 12.1. The van der Waals surface area contributed by atoms with Crippen LogP contribution in [0.5, 0.6) is 5.75 Å². The Morgan fingerprint density at radius 1 is 1.19 bits per heavy atom. The zero-order valence-electron chi connectivity index (χ0n) is 18.8. The molecular formula is C24H31ClFN3O2. The van der Waals surface area contributed by atoms with Crippen LogP contribution >= 0.6 is 11.6 Å². The summed E-state index contributed by atoms with van der Waals surface area (Å²) in [6, 6.07) is 8.24. The molecule has 5 nitrogen and oxygen atoms in total. The van der Waals surface area contributed by atoms with Gasteiger partial charge in [-0.15, -0.1) is 0 Å². The first-order valence-corrected chi connectivity index (χ1v) is 11.1. The standard InChI is InChI=1S/C20H19ClFN3O2.2C2H6/c1-12-8-19(22)17(11-24-12)20(26)25-14-3-6-15(7-4-14)27-16-5-2-13(10-23)18(21)9-16;2*1-2/h2,5,8-9,11,14-15H,3-4,6-7H2,1H3,(H,25,26);2*1-2H3. The second kappa shape index (κ2) is 13.6. The molecule has 0 aliphatic heterocycles. The van der Waals surface area contributed by atoms with Crippen LogP contribution < -0.4 is 10.1 Å². The summed E-state index contributed by atoms with van der Waals surface area (Å²) in [6.45, 7) is 9.67. The van der Waals surface area contributed by atoms with Crippen LogP contribution in [-0.4, -0.2) is 23.0 Å². The zero-order chi connectivity index (χ0) is 23.4.